The molecule has 0 bridgehead atoms. The van der Waals surface area contributed by atoms with E-state index < -0.39 is 0 Å². The Bertz CT molecular complexity index is 494. The molecule has 3 heteroatoms. The number of carbonyl (C=O) groups excluding carboxylic acids is 1. The molecule has 1 fully saturated rings. The highest BCUT2D eigenvalue weighted by Crippen LogP contribution is 2.34. The van der Waals surface area contributed by atoms with Crippen molar-refractivity contribution in [1.29, 1.82) is 0 Å². The van der Waals surface area contributed by atoms with Crippen LogP contribution in [0.25, 0.3) is 0 Å². The van der Waals surface area contributed by atoms with Crippen LogP contribution in [-0.4, -0.2) is 18.5 Å². The summed E-state index contributed by atoms with van der Waals surface area (Å²) in [5.74, 6) is 0.787. The third-order valence-corrected chi connectivity index (χ3v) is 4.29. The predicted molar refractivity (Wildman–Crippen MR) is 77.2 cm³/mol. The Labute approximate surface area is 114 Å². The third-order valence-electron chi connectivity index (χ3n) is 4.29. The second-order valence-corrected chi connectivity index (χ2v) is 5.99. The minimum Gasteiger partial charge on any atom is -0.327 e. The second kappa shape index (κ2) is 4.97. The average molecular weight is 258 g/mol. The molecule has 2 aliphatic rings. The molecule has 1 aliphatic carbocycles. The molecule has 1 atom stereocenters. The topological polar surface area (TPSA) is 46.3 Å². The first-order chi connectivity index (χ1) is 9.15. The smallest absolute Gasteiger partial charge is 0.228 e. The maximum absolute atomic E-state index is 12.4. The summed E-state index contributed by atoms with van der Waals surface area (Å²) in [5.41, 5.74) is 9.76. The summed E-state index contributed by atoms with van der Waals surface area (Å²) in [6.45, 7) is 2.94. The first-order valence-electron chi connectivity index (χ1n) is 7.30. The van der Waals surface area contributed by atoms with Crippen molar-refractivity contribution in [3.8, 4) is 0 Å². The summed E-state index contributed by atoms with van der Waals surface area (Å²) < 4.78 is 0. The van der Waals surface area contributed by atoms with Crippen LogP contribution in [-0.2, 0) is 11.2 Å². The minimum absolute atomic E-state index is 0.0586. The Balaban J connectivity index is 1.76. The highest BCUT2D eigenvalue weighted by Gasteiger charge is 2.32. The quantitative estimate of drug-likeness (QED) is 0.905. The van der Waals surface area contributed by atoms with Gasteiger partial charge in [-0.05, 0) is 50.2 Å². The highest BCUT2D eigenvalue weighted by molar-refractivity contribution is 5.95. The van der Waals surface area contributed by atoms with Crippen molar-refractivity contribution in [2.24, 2.45) is 11.7 Å². The van der Waals surface area contributed by atoms with Gasteiger partial charge < -0.3 is 10.6 Å². The predicted octanol–water partition coefficient (Wildman–Crippen LogP) is 2.40. The summed E-state index contributed by atoms with van der Waals surface area (Å²) in [7, 11) is 0. The van der Waals surface area contributed by atoms with E-state index in [-0.39, 0.29) is 11.9 Å². The van der Waals surface area contributed by atoms with E-state index in [2.05, 4.69) is 25.1 Å². The molecule has 1 amide bonds. The Morgan fingerprint density at radius 2 is 2.26 bits per heavy atom. The lowest BCUT2D eigenvalue weighted by Crippen LogP contribution is -2.39. The van der Waals surface area contributed by atoms with E-state index in [0.29, 0.717) is 12.3 Å². The average Bonchev–Trinajstić information content (AvgIpc) is 3.21. The molecule has 1 aliphatic heterocycles. The molecule has 1 aromatic carbocycles. The first kappa shape index (κ1) is 12.7. The molecule has 3 rings (SSSR count). The first-order valence-corrected chi connectivity index (χ1v) is 7.30. The minimum atomic E-state index is 0.0586. The number of fused-ring (bicyclic) bond motifs is 1. The molecule has 0 saturated heterocycles. The molecule has 3 nitrogen and oxygen atoms in total. The molecule has 19 heavy (non-hydrogen) atoms. The molecular formula is C16H22N2O. The molecule has 0 aromatic heterocycles. The van der Waals surface area contributed by atoms with Crippen LogP contribution in [0, 0.1) is 12.8 Å². The van der Waals surface area contributed by atoms with E-state index in [9.17, 15) is 4.79 Å². The molecular weight excluding hydrogens is 236 g/mol. The molecule has 1 saturated carbocycles. The summed E-state index contributed by atoms with van der Waals surface area (Å²) in [4.78, 5) is 14.4. The van der Waals surface area contributed by atoms with Gasteiger partial charge in [-0.25, -0.2) is 0 Å². The maximum Gasteiger partial charge on any atom is 0.228 e. The van der Waals surface area contributed by atoms with E-state index in [1.807, 2.05) is 4.90 Å². The number of anilines is 1. The molecule has 1 unspecified atom stereocenters. The van der Waals surface area contributed by atoms with E-state index in [4.69, 9.17) is 5.73 Å². The van der Waals surface area contributed by atoms with Crippen LogP contribution in [0.5, 0.6) is 0 Å². The Kier molecular flexibility index (Phi) is 3.31. The number of carbonyl (C=O) groups is 1. The zero-order valence-corrected chi connectivity index (χ0v) is 11.6. The normalized spacial score (nSPS) is 20.0. The lowest BCUT2D eigenvalue weighted by molar-refractivity contribution is -0.119. The Morgan fingerprint density at radius 3 is 3.00 bits per heavy atom. The Morgan fingerprint density at radius 1 is 1.47 bits per heavy atom. The van der Waals surface area contributed by atoms with E-state index in [0.717, 1.165) is 25.1 Å². The van der Waals surface area contributed by atoms with Crippen LogP contribution in [0.1, 0.15) is 36.8 Å². The Hall–Kier alpha value is -1.35. The van der Waals surface area contributed by atoms with Crippen LogP contribution in [0.4, 0.5) is 5.69 Å². The lowest BCUT2D eigenvalue weighted by atomic mass is 9.98. The summed E-state index contributed by atoms with van der Waals surface area (Å²) in [6, 6.07) is 6.44. The summed E-state index contributed by atoms with van der Waals surface area (Å²) in [5, 5.41) is 0. The standard InChI is InChI=1S/C16H22N2O/c1-11-4-7-15-13(9-11)3-2-8-18(15)16(19)10-14(17)12-5-6-12/h4,7,9,12,14H,2-3,5-6,8,10,17H2,1H3. The van der Waals surface area contributed by atoms with Gasteiger partial charge in [0.1, 0.15) is 0 Å². The number of hydrogen-bond acceptors (Lipinski definition) is 2. The van der Waals surface area contributed by atoms with Crippen molar-refractivity contribution in [3.63, 3.8) is 0 Å². The second-order valence-electron chi connectivity index (χ2n) is 5.99. The monoisotopic (exact) mass is 258 g/mol. The van der Waals surface area contributed by atoms with Crippen molar-refractivity contribution in [1.82, 2.24) is 0 Å². The van der Waals surface area contributed by atoms with Gasteiger partial charge in [-0.2, -0.15) is 0 Å². The zero-order valence-electron chi connectivity index (χ0n) is 11.6. The lowest BCUT2D eigenvalue weighted by Gasteiger charge is -2.30. The molecule has 0 radical (unpaired) electrons. The summed E-state index contributed by atoms with van der Waals surface area (Å²) in [6.07, 6.45) is 5.03. The van der Waals surface area contributed by atoms with Gasteiger partial charge in [-0.3, -0.25) is 4.79 Å². The van der Waals surface area contributed by atoms with Gasteiger partial charge in [-0.15, -0.1) is 0 Å². The van der Waals surface area contributed by atoms with Crippen LogP contribution < -0.4 is 10.6 Å². The van der Waals surface area contributed by atoms with Gasteiger partial charge in [0.15, 0.2) is 0 Å². The van der Waals surface area contributed by atoms with Crippen LogP contribution in [0.15, 0.2) is 18.2 Å². The number of nitrogens with zero attached hydrogens (tertiary/aromatic N) is 1. The van der Waals surface area contributed by atoms with Crippen LogP contribution >= 0.6 is 0 Å². The van der Waals surface area contributed by atoms with Gasteiger partial charge in [0.05, 0.1) is 0 Å². The number of nitrogens with two attached hydrogens (primary N) is 1. The van der Waals surface area contributed by atoms with Crippen LogP contribution in [0.3, 0.4) is 0 Å². The number of benzene rings is 1. The molecule has 2 N–H and O–H groups in total. The third kappa shape index (κ3) is 2.66. The molecule has 1 aromatic rings. The fourth-order valence-corrected chi connectivity index (χ4v) is 2.99. The highest BCUT2D eigenvalue weighted by atomic mass is 16.2. The molecule has 0 spiro atoms. The van der Waals surface area contributed by atoms with Crippen molar-refractivity contribution in [3.05, 3.63) is 29.3 Å². The van der Waals surface area contributed by atoms with Crippen molar-refractivity contribution < 1.29 is 4.79 Å². The van der Waals surface area contributed by atoms with Gasteiger partial charge in [-0.1, -0.05) is 17.7 Å². The van der Waals surface area contributed by atoms with Gasteiger partial charge in [0, 0.05) is 24.7 Å². The van der Waals surface area contributed by atoms with E-state index in [1.165, 1.54) is 24.0 Å². The molecule has 1 heterocycles. The fraction of sp³-hybridized carbons (Fsp3) is 0.562. The van der Waals surface area contributed by atoms with Crippen molar-refractivity contribution >= 4 is 11.6 Å². The fourth-order valence-electron chi connectivity index (χ4n) is 2.99. The van der Waals surface area contributed by atoms with E-state index in [1.54, 1.807) is 0 Å². The van der Waals surface area contributed by atoms with Crippen molar-refractivity contribution in [2.75, 3.05) is 11.4 Å². The van der Waals surface area contributed by atoms with E-state index >= 15 is 0 Å². The molecule has 102 valence electrons. The number of rotatable bonds is 3. The van der Waals surface area contributed by atoms with Gasteiger partial charge in [0.2, 0.25) is 5.91 Å². The number of amides is 1. The van der Waals surface area contributed by atoms with Crippen molar-refractivity contribution in [2.45, 2.75) is 45.1 Å². The van der Waals surface area contributed by atoms with Gasteiger partial charge >= 0.3 is 0 Å². The SMILES string of the molecule is Cc1ccc2c(c1)CCCN2C(=O)CC(N)C1CC1. The zero-order chi connectivity index (χ0) is 13.4. The number of hydrogen-bond donors (Lipinski definition) is 1. The maximum atomic E-state index is 12.4. The largest absolute Gasteiger partial charge is 0.327 e. The van der Waals surface area contributed by atoms with Gasteiger partial charge in [0.25, 0.3) is 0 Å². The number of aryl methyl sites for hydroxylation is 2. The summed E-state index contributed by atoms with van der Waals surface area (Å²) >= 11 is 0. The van der Waals surface area contributed by atoms with Crippen LogP contribution in [0.2, 0.25) is 0 Å².